The van der Waals surface area contributed by atoms with Gasteiger partial charge in [-0.3, -0.25) is 4.79 Å². The normalized spacial score (nSPS) is 17.0. The number of carbonyl (C=O) groups excluding carboxylic acids is 1. The molecule has 2 aromatic carbocycles. The molecule has 25 heavy (non-hydrogen) atoms. The Balaban J connectivity index is 1.37. The largest absolute Gasteiger partial charge is 0.448 e. The van der Waals surface area contributed by atoms with Gasteiger partial charge in [0.1, 0.15) is 0 Å². The summed E-state index contributed by atoms with van der Waals surface area (Å²) in [6, 6.07) is 13.7. The molecule has 2 aromatic rings. The average molecular weight is 355 g/mol. The average Bonchev–Trinajstić information content (AvgIpc) is 3.20. The highest BCUT2D eigenvalue weighted by Crippen LogP contribution is 2.47. The highest BCUT2D eigenvalue weighted by molar-refractivity contribution is 8.00. The Morgan fingerprint density at radius 2 is 1.88 bits per heavy atom. The number of fused-ring (bicyclic) bond motifs is 1. The Morgan fingerprint density at radius 3 is 2.68 bits per heavy atom. The number of nitrogens with one attached hydrogen (secondary N) is 1. The van der Waals surface area contributed by atoms with Crippen molar-refractivity contribution < 1.29 is 14.3 Å². The van der Waals surface area contributed by atoms with E-state index in [1.54, 1.807) is 11.8 Å². The van der Waals surface area contributed by atoms with Gasteiger partial charge in [-0.25, -0.2) is 0 Å². The highest BCUT2D eigenvalue weighted by atomic mass is 32.2. The molecule has 1 N–H and O–H groups in total. The lowest BCUT2D eigenvalue weighted by atomic mass is 10.2. The van der Waals surface area contributed by atoms with Crippen molar-refractivity contribution in [3.63, 3.8) is 0 Å². The van der Waals surface area contributed by atoms with E-state index in [2.05, 4.69) is 18.3 Å². The van der Waals surface area contributed by atoms with Crippen LogP contribution < -0.4 is 14.8 Å². The van der Waals surface area contributed by atoms with Crippen LogP contribution in [0.1, 0.15) is 31.2 Å². The Labute approximate surface area is 151 Å². The highest BCUT2D eigenvalue weighted by Gasteiger charge is 2.44. The van der Waals surface area contributed by atoms with E-state index in [1.165, 1.54) is 5.56 Å². The molecule has 1 heterocycles. The third kappa shape index (κ3) is 3.47. The summed E-state index contributed by atoms with van der Waals surface area (Å²) in [7, 11) is 0. The topological polar surface area (TPSA) is 47.6 Å². The van der Waals surface area contributed by atoms with Crippen molar-refractivity contribution in [1.82, 2.24) is 0 Å². The first-order valence-electron chi connectivity index (χ1n) is 8.64. The molecule has 1 amide bonds. The molecule has 0 aromatic heterocycles. The predicted octanol–water partition coefficient (Wildman–Crippen LogP) is 4.77. The summed E-state index contributed by atoms with van der Waals surface area (Å²) in [5, 5.41) is 2.95. The van der Waals surface area contributed by atoms with E-state index in [1.807, 2.05) is 36.4 Å². The lowest BCUT2D eigenvalue weighted by Crippen LogP contribution is -2.34. The van der Waals surface area contributed by atoms with Crippen LogP contribution in [-0.2, 0) is 4.79 Å². The molecule has 0 radical (unpaired) electrons. The zero-order chi connectivity index (χ0) is 17.3. The van der Waals surface area contributed by atoms with E-state index in [0.29, 0.717) is 5.75 Å². The number of rotatable bonds is 4. The molecule has 1 aliphatic carbocycles. The molecule has 1 saturated carbocycles. The predicted molar refractivity (Wildman–Crippen MR) is 99.4 cm³/mol. The zero-order valence-electron chi connectivity index (χ0n) is 14.2. The minimum absolute atomic E-state index is 0.0253. The Morgan fingerprint density at radius 1 is 1.12 bits per heavy atom. The maximum atomic E-state index is 12.2. The number of anilines is 1. The van der Waals surface area contributed by atoms with E-state index < -0.39 is 5.79 Å². The minimum Gasteiger partial charge on any atom is -0.448 e. The fourth-order valence-electron chi connectivity index (χ4n) is 3.35. The summed E-state index contributed by atoms with van der Waals surface area (Å²) in [5.41, 5.74) is 1.93. The van der Waals surface area contributed by atoms with Crippen molar-refractivity contribution in [3.8, 4) is 11.5 Å². The van der Waals surface area contributed by atoms with Crippen molar-refractivity contribution in [1.29, 1.82) is 0 Å². The molecule has 2 aliphatic rings. The summed E-state index contributed by atoms with van der Waals surface area (Å²) in [6.07, 6.45) is 4.12. The van der Waals surface area contributed by atoms with Gasteiger partial charge in [-0.05, 0) is 43.5 Å². The number of hydrogen-bond acceptors (Lipinski definition) is 4. The molecule has 0 bridgehead atoms. The van der Waals surface area contributed by atoms with Gasteiger partial charge >= 0.3 is 0 Å². The summed E-state index contributed by atoms with van der Waals surface area (Å²) >= 11 is 1.55. The van der Waals surface area contributed by atoms with Gasteiger partial charge in [0, 0.05) is 29.5 Å². The van der Waals surface area contributed by atoms with Crippen LogP contribution in [0.25, 0.3) is 0 Å². The third-order valence-electron chi connectivity index (χ3n) is 4.64. The van der Waals surface area contributed by atoms with E-state index in [0.717, 1.165) is 47.8 Å². The van der Waals surface area contributed by atoms with Crippen LogP contribution in [0.3, 0.4) is 0 Å². The number of amides is 1. The van der Waals surface area contributed by atoms with Crippen molar-refractivity contribution >= 4 is 23.4 Å². The number of aryl methyl sites for hydroxylation is 1. The molecule has 0 unspecified atom stereocenters. The SMILES string of the molecule is Cc1ccccc1SCC(=O)Nc1ccc2c(c1)OC1(CCCC1)O2. The molecule has 130 valence electrons. The maximum Gasteiger partial charge on any atom is 0.251 e. The van der Waals surface area contributed by atoms with Gasteiger partial charge < -0.3 is 14.8 Å². The van der Waals surface area contributed by atoms with Crippen molar-refractivity contribution in [2.24, 2.45) is 0 Å². The van der Waals surface area contributed by atoms with Gasteiger partial charge in [-0.2, -0.15) is 0 Å². The van der Waals surface area contributed by atoms with E-state index in [9.17, 15) is 4.79 Å². The van der Waals surface area contributed by atoms with Crippen LogP contribution in [-0.4, -0.2) is 17.4 Å². The third-order valence-corrected chi connectivity index (χ3v) is 5.81. The molecule has 5 heteroatoms. The summed E-state index contributed by atoms with van der Waals surface area (Å²) in [5.74, 6) is 1.39. The number of carbonyl (C=O) groups is 1. The smallest absolute Gasteiger partial charge is 0.251 e. The van der Waals surface area contributed by atoms with Gasteiger partial charge in [-0.1, -0.05) is 18.2 Å². The molecule has 4 nitrogen and oxygen atoms in total. The van der Waals surface area contributed by atoms with Crippen LogP contribution in [0.15, 0.2) is 47.4 Å². The van der Waals surface area contributed by atoms with E-state index >= 15 is 0 Å². The van der Waals surface area contributed by atoms with Crippen LogP contribution in [0.4, 0.5) is 5.69 Å². The quantitative estimate of drug-likeness (QED) is 0.803. The molecule has 1 aliphatic heterocycles. The van der Waals surface area contributed by atoms with E-state index in [4.69, 9.17) is 9.47 Å². The Hall–Kier alpha value is -2.14. The molecular formula is C20H21NO3S. The summed E-state index contributed by atoms with van der Waals surface area (Å²) < 4.78 is 12.0. The minimum atomic E-state index is -0.467. The van der Waals surface area contributed by atoms with E-state index in [-0.39, 0.29) is 5.91 Å². The van der Waals surface area contributed by atoms with Gasteiger partial charge in [0.15, 0.2) is 11.5 Å². The number of ether oxygens (including phenoxy) is 2. The molecule has 4 rings (SSSR count). The van der Waals surface area contributed by atoms with Crippen LogP contribution in [0.2, 0.25) is 0 Å². The van der Waals surface area contributed by atoms with Crippen molar-refractivity contribution in [2.75, 3.05) is 11.1 Å². The second-order valence-electron chi connectivity index (χ2n) is 6.59. The molecule has 1 fully saturated rings. The second-order valence-corrected chi connectivity index (χ2v) is 7.60. The van der Waals surface area contributed by atoms with Gasteiger partial charge in [-0.15, -0.1) is 11.8 Å². The first-order valence-corrected chi connectivity index (χ1v) is 9.63. The number of thioether (sulfide) groups is 1. The Kier molecular flexibility index (Phi) is 4.34. The number of hydrogen-bond donors (Lipinski definition) is 1. The van der Waals surface area contributed by atoms with Crippen LogP contribution in [0.5, 0.6) is 11.5 Å². The standard InChI is InChI=1S/C20H21NO3S/c1-14-6-2-3-7-18(14)25-13-19(22)21-15-8-9-16-17(12-15)24-20(23-16)10-4-5-11-20/h2-3,6-9,12H,4-5,10-11,13H2,1H3,(H,21,22). The first kappa shape index (κ1) is 16.3. The molecule has 0 saturated heterocycles. The molecular weight excluding hydrogens is 334 g/mol. The fourth-order valence-corrected chi connectivity index (χ4v) is 4.18. The molecule has 0 atom stereocenters. The van der Waals surface area contributed by atoms with Crippen LogP contribution >= 0.6 is 11.8 Å². The van der Waals surface area contributed by atoms with Gasteiger partial charge in [0.25, 0.3) is 5.79 Å². The number of benzene rings is 2. The lowest BCUT2D eigenvalue weighted by Gasteiger charge is -2.21. The van der Waals surface area contributed by atoms with Gasteiger partial charge in [0.2, 0.25) is 5.91 Å². The summed E-state index contributed by atoms with van der Waals surface area (Å²) in [6.45, 7) is 2.05. The Bertz CT molecular complexity index is 799. The van der Waals surface area contributed by atoms with Crippen molar-refractivity contribution in [2.45, 2.75) is 43.3 Å². The maximum absolute atomic E-state index is 12.2. The zero-order valence-corrected chi connectivity index (χ0v) is 15.0. The van der Waals surface area contributed by atoms with Crippen LogP contribution in [0, 0.1) is 6.92 Å². The first-order chi connectivity index (χ1) is 12.1. The summed E-state index contributed by atoms with van der Waals surface area (Å²) in [4.78, 5) is 13.4. The lowest BCUT2D eigenvalue weighted by molar-refractivity contribution is -0.113. The van der Waals surface area contributed by atoms with Crippen molar-refractivity contribution in [3.05, 3.63) is 48.0 Å². The second kappa shape index (κ2) is 6.64. The van der Waals surface area contributed by atoms with Gasteiger partial charge in [0.05, 0.1) is 5.75 Å². The monoisotopic (exact) mass is 355 g/mol. The molecule has 1 spiro atoms. The fraction of sp³-hybridized carbons (Fsp3) is 0.350.